The number of nitrogens with one attached hydrogen (secondary N) is 2. The molecule has 0 radical (unpaired) electrons. The molecule has 3 aromatic carbocycles. The summed E-state index contributed by atoms with van der Waals surface area (Å²) in [4.78, 5) is 123. The molecule has 5 aliphatic heterocycles. The first-order chi connectivity index (χ1) is 60.5. The zero-order chi connectivity index (χ0) is 92.6. The second-order valence-electron chi connectivity index (χ2n) is 35.0. The van der Waals surface area contributed by atoms with Gasteiger partial charge in [-0.3, -0.25) is 48.1 Å². The van der Waals surface area contributed by atoms with E-state index in [0.717, 1.165) is 38.1 Å². The van der Waals surface area contributed by atoms with Gasteiger partial charge < -0.3 is 116 Å². The van der Waals surface area contributed by atoms with Gasteiger partial charge in [-0.15, -0.1) is 22.7 Å². The Labute approximate surface area is 779 Å². The average molecular weight is 1930 g/mol. The molecule has 4 aromatic heterocycles. The summed E-state index contributed by atoms with van der Waals surface area (Å²) in [5.74, 6) is -3.32. The molecule has 0 saturated carbocycles. The standard InChI is InChI=1S/C67H91N5O19S2.C24H23ClNO8S.2ClH/c1-39-40(2)62(41(3)44-34-67(13,14)90-59(39)44)93(80,81)37-53(68)69-23-15-16-46(48(73)18-20-54(75)71-47(32-58(78)89-65(7,8)9)49(74)30-43(35-87-64(4,5)6)63(79)91-66(10,11)12)70-55(76)21-22-57(77)86-38-85-52-33-56(72-24-26-82-27-25-72)88-60-45(36-92-61(52)60)42-17-19-50-51(31-42)84-29-28-83-50;25-20(27)3-4-22(28)33-14-32-19-12-21(26-5-7-29-8-6-26)34-23-16(13-35-24(19)23)15-1-2-17-18(11-15)31-10-9-30-17;;/h17,19,31,33,36,43,46-47H,15-16,18,20-30,32,34-35,37-38H2,1-14H3,(H3-,68,69,70,71,75,76);1-2,11-13H,3-10,14H2;2*1H/q;+1;;/p-1/t43-,46-,47-;;;/m0.../s1. The van der Waals surface area contributed by atoms with Crippen molar-refractivity contribution in [2.24, 2.45) is 16.6 Å². The number of Topliss-reactive ketones (excluding diaryl/α,β-unsaturated/α-hetero) is 2. The van der Waals surface area contributed by atoms with E-state index in [9.17, 15) is 51.6 Å². The molecule has 5 aliphatic rings. The SMILES string of the molecule is Cc1c(C)c(S(=O)(=O)CC(N)=NCCC[C@H](NC(=O)CCC(=O)OCOc2cc(=[N+]3CCOCC3)oc3c(-c4ccc5c(c4)OCCO5)csc23)C(=O)CCC(=O)N[C@@H](CC(=O)OC(C)(C)C)C(=O)C[C@@H](COC(C)(C)C)C(=O)OC(C)(C)C)c(C)c2c1OC(C)(C)C2.O=C(Cl)CCC(=O)OCOc1cc(=[N+]2CCOCC2)oc2c(-c3ccc4c(c3)OCCO4)csc12.[Cl-].[Cl-]. The van der Waals surface area contributed by atoms with Gasteiger partial charge in [0.1, 0.15) is 96.4 Å². The molecular weight excluding hydrogens is 1810 g/mol. The minimum atomic E-state index is -4.01. The molecule has 2 amide bonds. The third-order valence-electron chi connectivity index (χ3n) is 20.8. The van der Waals surface area contributed by atoms with Gasteiger partial charge in [0.15, 0.2) is 93.2 Å². The average Bonchev–Trinajstić information content (AvgIpc) is 1.57. The molecule has 130 heavy (non-hydrogen) atoms. The van der Waals surface area contributed by atoms with E-state index >= 15 is 0 Å². The zero-order valence-corrected chi connectivity index (χ0v) is 80.3. The van der Waals surface area contributed by atoms with Crippen molar-refractivity contribution >= 4 is 123 Å². The summed E-state index contributed by atoms with van der Waals surface area (Å²) in [6, 6.07) is 12.2. The number of sulfone groups is 1. The summed E-state index contributed by atoms with van der Waals surface area (Å²) in [6.45, 7) is 29.9. The molecule has 710 valence electrons. The zero-order valence-electron chi connectivity index (χ0n) is 75.6. The van der Waals surface area contributed by atoms with E-state index in [1.54, 1.807) is 88.3 Å². The van der Waals surface area contributed by atoms with Crippen LogP contribution in [-0.2, 0) is 92.6 Å². The van der Waals surface area contributed by atoms with Crippen molar-refractivity contribution in [3.63, 3.8) is 0 Å². The number of benzene rings is 3. The lowest BCUT2D eigenvalue weighted by Gasteiger charge is -2.28. The van der Waals surface area contributed by atoms with Crippen molar-refractivity contribution < 1.29 is 152 Å². The van der Waals surface area contributed by atoms with Crippen LogP contribution in [0.25, 0.3) is 42.8 Å². The number of hydrogen-bond donors (Lipinski definition) is 3. The number of hydrogen-bond acceptors (Lipinski definition) is 30. The summed E-state index contributed by atoms with van der Waals surface area (Å²) in [7, 11) is -4.01. The maximum Gasteiger partial charge on any atom is 0.371 e. The highest BCUT2D eigenvalue weighted by atomic mass is 35.5. The molecule has 33 nitrogen and oxygen atoms in total. The number of amides is 2. The molecule has 12 rings (SSSR count). The Hall–Kier alpha value is -9.92. The number of thiophene rings is 2. The second kappa shape index (κ2) is 46.0. The number of rotatable bonds is 35. The number of nitrogens with two attached hydrogens (primary N) is 1. The number of carbonyl (C=O) groups excluding carboxylic acids is 9. The van der Waals surface area contributed by atoms with Crippen LogP contribution in [0.4, 0.5) is 0 Å². The van der Waals surface area contributed by atoms with Crippen LogP contribution in [0.15, 0.2) is 78.0 Å². The summed E-state index contributed by atoms with van der Waals surface area (Å²) in [6.07, 6.45) is -2.51. The fraction of sp³-hybridized carbons (Fsp3) is 0.538. The topological polar surface area (TPSA) is 412 Å². The van der Waals surface area contributed by atoms with Crippen molar-refractivity contribution in [2.75, 3.05) is 112 Å². The normalized spacial score (nSPS) is 15.5. The van der Waals surface area contributed by atoms with Crippen LogP contribution in [0, 0.1) is 26.7 Å². The van der Waals surface area contributed by atoms with Gasteiger partial charge in [0.25, 0.3) is 0 Å². The fourth-order valence-corrected chi connectivity index (χ4v) is 18.4. The molecule has 0 spiro atoms. The van der Waals surface area contributed by atoms with Crippen LogP contribution in [0.5, 0.6) is 40.2 Å². The Bertz CT molecular complexity index is 5600. The van der Waals surface area contributed by atoms with Gasteiger partial charge >= 0.3 is 35.0 Å². The van der Waals surface area contributed by atoms with Crippen LogP contribution in [0.2, 0.25) is 0 Å². The highest BCUT2D eigenvalue weighted by Gasteiger charge is 2.39. The van der Waals surface area contributed by atoms with E-state index in [1.165, 1.54) is 22.7 Å². The highest BCUT2D eigenvalue weighted by Crippen LogP contribution is 2.46. The molecule has 0 unspecified atom stereocenters. The predicted molar refractivity (Wildman–Crippen MR) is 475 cm³/mol. The number of ketones is 2. The highest BCUT2D eigenvalue weighted by molar-refractivity contribution is 7.92. The van der Waals surface area contributed by atoms with Gasteiger partial charge in [0.2, 0.25) is 30.6 Å². The smallest absolute Gasteiger partial charge is 0.371 e. The van der Waals surface area contributed by atoms with Gasteiger partial charge in [-0.1, -0.05) is 12.1 Å². The molecule has 39 heteroatoms. The quantitative estimate of drug-likeness (QED) is 0.00714. The molecule has 2 saturated heterocycles. The number of carbonyl (C=O) groups is 9. The van der Waals surface area contributed by atoms with Crippen molar-refractivity contribution in [2.45, 2.75) is 207 Å². The minimum Gasteiger partial charge on any atom is -1.00 e. The Morgan fingerprint density at radius 1 is 0.577 bits per heavy atom. The van der Waals surface area contributed by atoms with E-state index < -0.39 is 154 Å². The van der Waals surface area contributed by atoms with Gasteiger partial charge in [-0.2, -0.15) is 9.15 Å². The van der Waals surface area contributed by atoms with Crippen LogP contribution < -0.4 is 94.6 Å². The summed E-state index contributed by atoms with van der Waals surface area (Å²) in [5, 5.41) is 8.59. The second-order valence-corrected chi connectivity index (χ2v) is 39.1. The summed E-state index contributed by atoms with van der Waals surface area (Å²) >= 11 is 8.12. The molecule has 7 aromatic rings. The largest absolute Gasteiger partial charge is 1.00 e. The van der Waals surface area contributed by atoms with Crippen molar-refractivity contribution in [1.82, 2.24) is 19.8 Å². The van der Waals surface area contributed by atoms with Crippen LogP contribution in [-0.4, -0.2) is 213 Å². The van der Waals surface area contributed by atoms with E-state index in [1.807, 2.05) is 72.5 Å². The summed E-state index contributed by atoms with van der Waals surface area (Å²) < 4.78 is 126. The number of ether oxygens (including phenoxy) is 14. The van der Waals surface area contributed by atoms with Gasteiger partial charge in [0.05, 0.1) is 66.5 Å². The molecule has 4 N–H and O–H groups in total. The van der Waals surface area contributed by atoms with Crippen molar-refractivity contribution in [1.29, 1.82) is 0 Å². The van der Waals surface area contributed by atoms with E-state index in [4.69, 9.17) is 92.5 Å². The third-order valence-corrected chi connectivity index (χ3v) is 24.9. The number of halogens is 3. The van der Waals surface area contributed by atoms with Crippen LogP contribution in [0.1, 0.15) is 163 Å². The number of fused-ring (bicyclic) bond motifs is 5. The molecule has 0 bridgehead atoms. The monoisotopic (exact) mass is 1920 g/mol. The van der Waals surface area contributed by atoms with Gasteiger partial charge in [-0.25, -0.2) is 8.42 Å². The molecule has 0 aliphatic carbocycles. The van der Waals surface area contributed by atoms with Gasteiger partial charge in [-0.05, 0) is 173 Å². The number of amidine groups is 1. The third kappa shape index (κ3) is 29.3. The Balaban J connectivity index is 0.000000426. The van der Waals surface area contributed by atoms with Crippen molar-refractivity contribution in [3.8, 4) is 62.5 Å². The molecular formula is C91H115Cl3N6O27S3. The van der Waals surface area contributed by atoms with Gasteiger partial charge in [0, 0.05) is 72.5 Å². The lowest BCUT2D eigenvalue weighted by molar-refractivity contribution is -0.165. The lowest BCUT2D eigenvalue weighted by atomic mass is 9.94. The molecule has 3 atom stereocenters. The first-order valence-electron chi connectivity index (χ1n) is 42.6. The van der Waals surface area contributed by atoms with Crippen molar-refractivity contribution in [3.05, 3.63) is 92.7 Å². The first-order valence-corrected chi connectivity index (χ1v) is 46.4. The summed E-state index contributed by atoms with van der Waals surface area (Å²) in [5.41, 5.74) is 11.7. The Morgan fingerprint density at radius 2 is 1.06 bits per heavy atom. The number of morpholine rings is 2. The molecule has 2 fully saturated rings. The van der Waals surface area contributed by atoms with Crippen LogP contribution in [0.3, 0.4) is 0 Å². The number of nitrogens with zero attached hydrogens (tertiary/aromatic N) is 3. The number of esters is 4. The lowest BCUT2D eigenvalue weighted by Crippen LogP contribution is -3.00. The Kier molecular flexibility index (Phi) is 36.7. The fourth-order valence-electron chi connectivity index (χ4n) is 14.6. The maximum atomic E-state index is 14.2. The maximum absolute atomic E-state index is 14.2. The van der Waals surface area contributed by atoms with E-state index in [2.05, 4.69) is 20.2 Å². The molecule has 9 heterocycles. The number of aliphatic imine (C=N–C) groups is 1. The van der Waals surface area contributed by atoms with E-state index in [-0.39, 0.29) is 81.2 Å². The predicted octanol–water partition coefficient (Wildman–Crippen LogP) is 4.60. The van der Waals surface area contributed by atoms with Crippen LogP contribution >= 0.6 is 34.3 Å². The Morgan fingerprint density at radius 3 is 1.55 bits per heavy atom. The first kappa shape index (κ1) is 104. The minimum absolute atomic E-state index is 0. The van der Waals surface area contributed by atoms with E-state index in [0.29, 0.717) is 164 Å².